The third kappa shape index (κ3) is 6.52. The van der Waals surface area contributed by atoms with Gasteiger partial charge in [-0.2, -0.15) is 13.2 Å². The van der Waals surface area contributed by atoms with Crippen molar-refractivity contribution in [1.82, 2.24) is 25.9 Å². The van der Waals surface area contributed by atoms with Crippen molar-refractivity contribution >= 4 is 17.7 Å². The van der Waals surface area contributed by atoms with Gasteiger partial charge in [0.2, 0.25) is 0 Å². The van der Waals surface area contributed by atoms with E-state index in [0.717, 1.165) is 24.3 Å². The number of halogens is 3. The number of anilines is 1. The van der Waals surface area contributed by atoms with Gasteiger partial charge in [-0.1, -0.05) is 13.8 Å². The highest BCUT2D eigenvalue weighted by atomic mass is 19.4. The summed E-state index contributed by atoms with van der Waals surface area (Å²) in [6, 6.07) is 3.86. The minimum Gasteiger partial charge on any atom is -0.436 e. The Balaban J connectivity index is 1.94. The molecule has 9 nitrogen and oxygen atoms in total. The number of ether oxygens (including phenoxy) is 1. The lowest BCUT2D eigenvalue weighted by molar-refractivity contribution is -0.137. The van der Waals surface area contributed by atoms with Crippen molar-refractivity contribution in [2.75, 3.05) is 5.32 Å². The highest BCUT2D eigenvalue weighted by Crippen LogP contribution is 2.29. The number of rotatable bonds is 7. The second kappa shape index (κ2) is 9.15. The molecule has 28 heavy (non-hydrogen) atoms. The summed E-state index contributed by atoms with van der Waals surface area (Å²) in [5.41, 5.74) is -0.736. The summed E-state index contributed by atoms with van der Waals surface area (Å²) in [5, 5.41) is 17.7. The minimum absolute atomic E-state index is 0.0182. The monoisotopic (exact) mass is 400 g/mol. The van der Waals surface area contributed by atoms with Gasteiger partial charge in [0, 0.05) is 5.69 Å². The zero-order valence-electron chi connectivity index (χ0n) is 15.1. The first kappa shape index (κ1) is 21.1. The fraction of sp³-hybridized carbons (Fsp3) is 0.438. The van der Waals surface area contributed by atoms with E-state index in [4.69, 9.17) is 4.74 Å². The maximum atomic E-state index is 12.6. The molecule has 0 saturated heterocycles. The molecule has 0 fully saturated rings. The van der Waals surface area contributed by atoms with Crippen LogP contribution in [0.25, 0.3) is 0 Å². The molecule has 2 amide bonds. The molecule has 2 rings (SSSR count). The van der Waals surface area contributed by atoms with Gasteiger partial charge in [0.1, 0.15) is 0 Å². The molecule has 0 radical (unpaired) electrons. The number of nitrogens with zero attached hydrogens (tertiary/aromatic N) is 3. The normalized spacial score (nSPS) is 12.5. The van der Waals surface area contributed by atoms with Gasteiger partial charge in [-0.25, -0.2) is 9.89 Å². The van der Waals surface area contributed by atoms with Crippen LogP contribution in [-0.2, 0) is 22.3 Å². The predicted molar refractivity (Wildman–Crippen MR) is 90.8 cm³/mol. The summed E-state index contributed by atoms with van der Waals surface area (Å²) < 4.78 is 42.9. The van der Waals surface area contributed by atoms with Crippen molar-refractivity contribution in [2.45, 2.75) is 39.1 Å². The van der Waals surface area contributed by atoms with Crippen LogP contribution in [0.3, 0.4) is 0 Å². The van der Waals surface area contributed by atoms with E-state index in [1.54, 1.807) is 0 Å². The molecule has 3 N–H and O–H groups in total. The lowest BCUT2D eigenvalue weighted by Crippen LogP contribution is -2.39. The number of hydrogen-bond donors (Lipinski definition) is 3. The van der Waals surface area contributed by atoms with Crippen LogP contribution in [0.15, 0.2) is 24.3 Å². The molecule has 1 heterocycles. The van der Waals surface area contributed by atoms with Crippen LogP contribution in [0.2, 0.25) is 0 Å². The summed E-state index contributed by atoms with van der Waals surface area (Å²) in [5.74, 6) is -0.180. The minimum atomic E-state index is -4.47. The molecule has 1 atom stereocenters. The number of aromatic nitrogens is 4. The fourth-order valence-electron chi connectivity index (χ4n) is 2.19. The van der Waals surface area contributed by atoms with Crippen molar-refractivity contribution in [2.24, 2.45) is 5.92 Å². The van der Waals surface area contributed by atoms with Gasteiger partial charge in [0.25, 0.3) is 5.91 Å². The quantitative estimate of drug-likeness (QED) is 0.656. The van der Waals surface area contributed by atoms with Crippen molar-refractivity contribution in [1.29, 1.82) is 0 Å². The maximum Gasteiger partial charge on any atom is 0.416 e. The Morgan fingerprint density at radius 2 is 1.89 bits per heavy atom. The van der Waals surface area contributed by atoms with Gasteiger partial charge in [0.15, 0.2) is 11.9 Å². The number of amides is 2. The number of hydrogen-bond acceptors (Lipinski definition) is 6. The number of nitrogens with one attached hydrogen (secondary N) is 3. The third-order valence-corrected chi connectivity index (χ3v) is 3.51. The van der Waals surface area contributed by atoms with E-state index in [2.05, 4.69) is 31.3 Å². The topological polar surface area (TPSA) is 122 Å². The molecule has 1 aromatic heterocycles. The molecule has 1 aromatic carbocycles. The van der Waals surface area contributed by atoms with Crippen molar-refractivity contribution in [3.8, 4) is 0 Å². The Hall–Kier alpha value is -3.18. The van der Waals surface area contributed by atoms with Gasteiger partial charge < -0.3 is 10.1 Å². The van der Waals surface area contributed by atoms with Crippen LogP contribution in [0.5, 0.6) is 0 Å². The SMILES string of the molecule is CC(C)C[C@H](OC(=O)Nc1ccc(C(F)(F)F)cc1)C(=O)NCc1nnn[nH]1. The molecule has 0 aliphatic heterocycles. The molecule has 0 unspecified atom stereocenters. The average Bonchev–Trinajstić information content (AvgIpc) is 3.12. The van der Waals surface area contributed by atoms with E-state index >= 15 is 0 Å². The predicted octanol–water partition coefficient (Wildman–Crippen LogP) is 2.50. The summed E-state index contributed by atoms with van der Waals surface area (Å²) in [6.45, 7) is 3.71. The Morgan fingerprint density at radius 1 is 1.21 bits per heavy atom. The number of alkyl halides is 3. The van der Waals surface area contributed by atoms with E-state index in [1.807, 2.05) is 13.8 Å². The first-order valence-corrected chi connectivity index (χ1v) is 8.30. The van der Waals surface area contributed by atoms with E-state index in [-0.39, 0.29) is 24.6 Å². The number of aromatic amines is 1. The molecule has 0 aliphatic carbocycles. The summed E-state index contributed by atoms with van der Waals surface area (Å²) >= 11 is 0. The second-order valence-electron chi connectivity index (χ2n) is 6.29. The molecular formula is C16H19F3N6O3. The zero-order valence-corrected chi connectivity index (χ0v) is 15.1. The Kier molecular flexibility index (Phi) is 6.90. The van der Waals surface area contributed by atoms with Crippen molar-refractivity contribution < 1.29 is 27.5 Å². The molecule has 12 heteroatoms. The smallest absolute Gasteiger partial charge is 0.416 e. The maximum absolute atomic E-state index is 12.6. The van der Waals surface area contributed by atoms with Gasteiger partial charge in [-0.3, -0.25) is 10.1 Å². The highest BCUT2D eigenvalue weighted by Gasteiger charge is 2.30. The second-order valence-corrected chi connectivity index (χ2v) is 6.29. The first-order chi connectivity index (χ1) is 13.1. The van der Waals surface area contributed by atoms with E-state index in [0.29, 0.717) is 5.82 Å². The Labute approximate surface area is 158 Å². The van der Waals surface area contributed by atoms with Crippen LogP contribution in [0, 0.1) is 5.92 Å². The molecule has 0 spiro atoms. The van der Waals surface area contributed by atoms with Crippen LogP contribution in [0.1, 0.15) is 31.7 Å². The first-order valence-electron chi connectivity index (χ1n) is 8.30. The number of H-pyrrole nitrogens is 1. The summed E-state index contributed by atoms with van der Waals surface area (Å²) in [4.78, 5) is 24.3. The number of tetrazole rings is 1. The highest BCUT2D eigenvalue weighted by molar-refractivity contribution is 5.88. The average molecular weight is 400 g/mol. The largest absolute Gasteiger partial charge is 0.436 e. The Morgan fingerprint density at radius 3 is 2.43 bits per heavy atom. The molecule has 0 aliphatic rings. The van der Waals surface area contributed by atoms with Gasteiger partial charge in [-0.05, 0) is 47.0 Å². The molecule has 152 valence electrons. The van der Waals surface area contributed by atoms with Crippen LogP contribution in [0.4, 0.5) is 23.7 Å². The van der Waals surface area contributed by atoms with Gasteiger partial charge in [-0.15, -0.1) is 5.10 Å². The van der Waals surface area contributed by atoms with Crippen molar-refractivity contribution in [3.63, 3.8) is 0 Å². The summed E-state index contributed by atoms with van der Waals surface area (Å²) in [7, 11) is 0. The number of benzene rings is 1. The van der Waals surface area contributed by atoms with E-state index in [1.165, 1.54) is 0 Å². The van der Waals surface area contributed by atoms with Crippen LogP contribution >= 0.6 is 0 Å². The van der Waals surface area contributed by atoms with Crippen LogP contribution in [-0.4, -0.2) is 38.7 Å². The van der Waals surface area contributed by atoms with E-state index < -0.39 is 29.8 Å². The fourth-order valence-corrected chi connectivity index (χ4v) is 2.19. The lowest BCUT2D eigenvalue weighted by Gasteiger charge is -2.19. The lowest BCUT2D eigenvalue weighted by atomic mass is 10.1. The molecule has 2 aromatic rings. The van der Waals surface area contributed by atoms with E-state index in [9.17, 15) is 22.8 Å². The number of carbonyl (C=O) groups excluding carboxylic acids is 2. The van der Waals surface area contributed by atoms with Gasteiger partial charge in [0.05, 0.1) is 12.1 Å². The molecule has 0 bridgehead atoms. The van der Waals surface area contributed by atoms with Crippen LogP contribution < -0.4 is 10.6 Å². The summed E-state index contributed by atoms with van der Waals surface area (Å²) in [6.07, 6.45) is -6.27. The van der Waals surface area contributed by atoms with Crippen molar-refractivity contribution in [3.05, 3.63) is 35.7 Å². The Bertz CT molecular complexity index is 778. The molecule has 0 saturated carbocycles. The zero-order chi connectivity index (χ0) is 20.7. The van der Waals surface area contributed by atoms with Gasteiger partial charge >= 0.3 is 12.3 Å². The third-order valence-electron chi connectivity index (χ3n) is 3.51. The molecular weight excluding hydrogens is 381 g/mol. The standard InChI is InChI=1S/C16H19F3N6O3/c1-9(2)7-12(14(26)20-8-13-22-24-25-23-13)28-15(27)21-11-5-3-10(4-6-11)16(17,18)19/h3-6,9,12H,7-8H2,1-2H3,(H,20,26)(H,21,27)(H,22,23,24,25)/t12-/m0/s1. The number of carbonyl (C=O) groups is 2.